The molecule has 0 saturated heterocycles. The van der Waals surface area contributed by atoms with E-state index in [0.717, 1.165) is 0 Å². The lowest BCUT2D eigenvalue weighted by Crippen LogP contribution is -1.98. The predicted molar refractivity (Wildman–Crippen MR) is 236 cm³/mol. The second kappa shape index (κ2) is 6.57. The zero-order valence-corrected chi connectivity index (χ0v) is 28.4. The Morgan fingerprint density at radius 3 is 0.463 bits per heavy atom. The molecule has 0 nitrogen and oxygen atoms in total. The van der Waals surface area contributed by atoms with Gasteiger partial charge in [0.2, 0.25) is 0 Å². The summed E-state index contributed by atoms with van der Waals surface area (Å²) in [6.07, 6.45) is 0. The van der Waals surface area contributed by atoms with Gasteiger partial charge in [-0.2, -0.15) is 0 Å². The first-order valence-corrected chi connectivity index (χ1v) is 19.4. The largest absolute Gasteiger partial charge is 0.0537 e. The van der Waals surface area contributed by atoms with Crippen LogP contribution < -0.4 is 0 Å². The number of rotatable bonds is 0. The van der Waals surface area contributed by atoms with E-state index in [1.54, 1.807) is 0 Å². The summed E-state index contributed by atoms with van der Waals surface area (Å²) < 4.78 is 0. The molecule has 0 heteroatoms. The van der Waals surface area contributed by atoms with Crippen LogP contribution in [0.5, 0.6) is 0 Å². The molecule has 19 aromatic carbocycles. The van der Waals surface area contributed by atoms with Crippen molar-refractivity contribution in [3.05, 3.63) is 109 Å². The van der Waals surface area contributed by atoms with Gasteiger partial charge in [-0.1, -0.05) is 72.8 Å². The lowest BCUT2D eigenvalue weighted by molar-refractivity contribution is 1.91. The quantitative estimate of drug-likeness (QED) is 0.112. The van der Waals surface area contributed by atoms with Gasteiger partial charge in [0.25, 0.3) is 0 Å². The fraction of sp³-hybridized carbons (Fsp3) is 0. The molecule has 0 N–H and O–H groups in total. The maximum Gasteiger partial charge on any atom is -0.00000151 e. The van der Waals surface area contributed by atoms with Gasteiger partial charge in [-0.3, -0.25) is 0 Å². The highest BCUT2D eigenvalue weighted by molar-refractivity contribution is 6.67. The third kappa shape index (κ3) is 1.88. The van der Waals surface area contributed by atoms with Crippen LogP contribution in [0.3, 0.4) is 0 Å². The number of benzene rings is 9. The summed E-state index contributed by atoms with van der Waals surface area (Å²) in [5.41, 5.74) is 0. The summed E-state index contributed by atoms with van der Waals surface area (Å²) in [5, 5.41) is 51.9. The first kappa shape index (κ1) is 23.5. The maximum atomic E-state index is 2.51. The van der Waals surface area contributed by atoms with Gasteiger partial charge >= 0.3 is 0 Å². The standard InChI is InChI=1S/C54H18/c1-3-20-13-21-5-6-22-14-23-7-8-24-15-25-9-10-26-16-27-11-12-29-18-30-17-28-4-2-19(1)31-32(28)48-42(30)41(29)47-40(27)39(26)46-38(25)37(24)45-36(23)35(22)44-34(21)33(20)43(31)49-50(44)51(45)52(46)53(47)54(48)49/h1-18H. The van der Waals surface area contributed by atoms with Crippen molar-refractivity contribution in [3.63, 3.8) is 0 Å². The summed E-state index contributed by atoms with van der Waals surface area (Å²) in [7, 11) is 0. The van der Waals surface area contributed by atoms with Crippen molar-refractivity contribution in [2.75, 3.05) is 0 Å². The minimum atomic E-state index is 1.35. The molecule has 0 saturated carbocycles. The molecule has 0 aliphatic carbocycles. The molecule has 0 radical (unpaired) electrons. The smallest absolute Gasteiger partial charge is 0.00000151 e. The summed E-state index contributed by atoms with van der Waals surface area (Å²) in [6, 6.07) is 44.1. The Labute approximate surface area is 301 Å². The first-order chi connectivity index (χ1) is 26.8. The highest BCUT2D eigenvalue weighted by Gasteiger charge is 2.35. The number of hydrogen-bond donors (Lipinski definition) is 0. The molecule has 19 rings (SSSR count). The Morgan fingerprint density at radius 2 is 0.241 bits per heavy atom. The molecular weight excluding hydrogens is 649 g/mol. The normalized spacial score (nSPS) is 14.7. The van der Waals surface area contributed by atoms with E-state index >= 15 is 0 Å². The fourth-order valence-electron chi connectivity index (χ4n) is 14.0. The molecule has 0 atom stereocenters. The van der Waals surface area contributed by atoms with E-state index in [-0.39, 0.29) is 0 Å². The molecule has 0 aliphatic rings. The van der Waals surface area contributed by atoms with Gasteiger partial charge < -0.3 is 0 Å². The van der Waals surface area contributed by atoms with E-state index in [4.69, 9.17) is 0 Å². The number of hydrogen-bond acceptors (Lipinski definition) is 0. The van der Waals surface area contributed by atoms with Crippen LogP contribution in [0, 0.1) is 0 Å². The van der Waals surface area contributed by atoms with E-state index < -0.39 is 0 Å². The third-order valence-corrected chi connectivity index (χ3v) is 15.5. The Morgan fingerprint density at radius 1 is 0.111 bits per heavy atom. The van der Waals surface area contributed by atoms with Gasteiger partial charge in [-0.25, -0.2) is 0 Å². The summed E-state index contributed by atoms with van der Waals surface area (Å²) >= 11 is 0. The first-order valence-electron chi connectivity index (χ1n) is 19.4. The molecule has 234 valence electrons. The molecule has 54 heavy (non-hydrogen) atoms. The molecule has 0 bridgehead atoms. The summed E-state index contributed by atoms with van der Waals surface area (Å²) in [5.74, 6) is 0. The van der Waals surface area contributed by atoms with E-state index in [1.807, 2.05) is 0 Å². The summed E-state index contributed by atoms with van der Waals surface area (Å²) in [6.45, 7) is 0. The molecular formula is C54H18. The second-order valence-corrected chi connectivity index (χ2v) is 17.3. The minimum absolute atomic E-state index is 1.35. The van der Waals surface area contributed by atoms with Crippen molar-refractivity contribution >= 4 is 194 Å². The van der Waals surface area contributed by atoms with Crippen molar-refractivity contribution < 1.29 is 0 Å². The Balaban J connectivity index is 1.42. The molecule has 0 spiro atoms. The van der Waals surface area contributed by atoms with Crippen molar-refractivity contribution in [3.8, 4) is 0 Å². The fourth-order valence-corrected chi connectivity index (χ4v) is 14.0. The van der Waals surface area contributed by atoms with Gasteiger partial charge in [-0.05, 0) is 230 Å². The third-order valence-electron chi connectivity index (χ3n) is 15.5. The Bertz CT molecular complexity index is 4740. The van der Waals surface area contributed by atoms with E-state index in [1.165, 1.54) is 194 Å². The molecule has 0 aliphatic heterocycles. The molecule has 0 aromatic heterocycles. The molecule has 0 fully saturated rings. The van der Waals surface area contributed by atoms with Crippen LogP contribution in [0.1, 0.15) is 0 Å². The zero-order valence-electron chi connectivity index (χ0n) is 28.4. The van der Waals surface area contributed by atoms with Crippen LogP contribution >= 0.6 is 0 Å². The average Bonchev–Trinajstić information content (AvgIpc) is 3.91. The van der Waals surface area contributed by atoms with Crippen LogP contribution in [-0.4, -0.2) is 0 Å². The maximum absolute atomic E-state index is 2.51. The van der Waals surface area contributed by atoms with Crippen LogP contribution in [0.25, 0.3) is 194 Å². The highest BCUT2D eigenvalue weighted by atomic mass is 14.4. The molecule has 0 heterocycles. The Kier molecular flexibility index (Phi) is 2.86. The van der Waals surface area contributed by atoms with E-state index in [2.05, 4.69) is 109 Å². The van der Waals surface area contributed by atoms with Gasteiger partial charge in [0.05, 0.1) is 0 Å². The summed E-state index contributed by atoms with van der Waals surface area (Å²) in [4.78, 5) is 0. The zero-order chi connectivity index (χ0) is 33.5. The van der Waals surface area contributed by atoms with Crippen LogP contribution in [0.4, 0.5) is 0 Å². The van der Waals surface area contributed by atoms with Gasteiger partial charge in [0, 0.05) is 0 Å². The monoisotopic (exact) mass is 666 g/mol. The van der Waals surface area contributed by atoms with Crippen molar-refractivity contribution in [2.24, 2.45) is 0 Å². The molecule has 0 amide bonds. The van der Waals surface area contributed by atoms with Crippen LogP contribution in [0.2, 0.25) is 0 Å². The van der Waals surface area contributed by atoms with E-state index in [9.17, 15) is 0 Å². The van der Waals surface area contributed by atoms with E-state index in [0.29, 0.717) is 0 Å². The van der Waals surface area contributed by atoms with Gasteiger partial charge in [0.1, 0.15) is 0 Å². The molecule has 19 aromatic rings. The lowest BCUT2D eigenvalue weighted by atomic mass is 9.74. The van der Waals surface area contributed by atoms with Gasteiger partial charge in [-0.15, -0.1) is 0 Å². The second-order valence-electron chi connectivity index (χ2n) is 17.3. The van der Waals surface area contributed by atoms with Crippen molar-refractivity contribution in [1.82, 2.24) is 0 Å². The topological polar surface area (TPSA) is 0 Å². The lowest BCUT2D eigenvalue weighted by Gasteiger charge is -2.27. The predicted octanol–water partition coefficient (Wildman–Crippen LogP) is 15.7. The minimum Gasteiger partial charge on any atom is -0.0537 e. The van der Waals surface area contributed by atoms with Crippen molar-refractivity contribution in [2.45, 2.75) is 0 Å². The highest BCUT2D eigenvalue weighted by Crippen LogP contribution is 2.65. The Hall–Kier alpha value is -7.02. The SMILES string of the molecule is c1cc2cc3ccc4cc5ccc6cc7ccc8cc9ccc%10cc%11cc%12ccc1c1c%12c%12c%11c%10c%10c9c8c8c7c6c6c5c4c4c3c2c1c1c4c6c8c%10c%121. The average molecular weight is 667 g/mol. The van der Waals surface area contributed by atoms with Gasteiger partial charge in [0.15, 0.2) is 0 Å². The van der Waals surface area contributed by atoms with Crippen LogP contribution in [0.15, 0.2) is 109 Å². The molecule has 0 unspecified atom stereocenters. The van der Waals surface area contributed by atoms with Crippen molar-refractivity contribution in [1.29, 1.82) is 0 Å². The van der Waals surface area contributed by atoms with Crippen LogP contribution in [-0.2, 0) is 0 Å².